The van der Waals surface area contributed by atoms with Crippen molar-refractivity contribution >= 4 is 11.6 Å². The van der Waals surface area contributed by atoms with E-state index in [0.29, 0.717) is 18.9 Å². The van der Waals surface area contributed by atoms with E-state index in [0.717, 1.165) is 5.56 Å². The molecule has 0 bridgehead atoms. The van der Waals surface area contributed by atoms with Gasteiger partial charge in [-0.25, -0.2) is 4.98 Å². The highest BCUT2D eigenvalue weighted by Gasteiger charge is 2.06. The maximum absolute atomic E-state index is 5.80. The van der Waals surface area contributed by atoms with Gasteiger partial charge >= 0.3 is 6.01 Å². The quantitative estimate of drug-likeness (QED) is 0.830. The van der Waals surface area contributed by atoms with Gasteiger partial charge in [-0.05, 0) is 36.2 Å². The molecule has 0 fully saturated rings. The summed E-state index contributed by atoms with van der Waals surface area (Å²) in [4.78, 5) is 16.0. The van der Waals surface area contributed by atoms with Crippen LogP contribution in [0.5, 0.6) is 6.01 Å². The van der Waals surface area contributed by atoms with E-state index in [9.17, 15) is 0 Å². The molecule has 88 valence electrons. The van der Waals surface area contributed by atoms with E-state index in [1.54, 1.807) is 12.4 Å². The molecule has 0 aromatic carbocycles. The van der Waals surface area contributed by atoms with E-state index >= 15 is 0 Å². The largest absolute Gasteiger partial charge is 0.464 e. The molecule has 0 aliphatic rings. The predicted molar refractivity (Wildman–Crippen MR) is 63.0 cm³/mol. The maximum atomic E-state index is 5.80. The van der Waals surface area contributed by atoms with E-state index in [1.807, 2.05) is 19.1 Å². The molecular weight excluding hydrogens is 240 g/mol. The van der Waals surface area contributed by atoms with Crippen LogP contribution in [0.15, 0.2) is 24.5 Å². The Morgan fingerprint density at radius 2 is 1.94 bits per heavy atom. The van der Waals surface area contributed by atoms with Crippen molar-refractivity contribution < 1.29 is 4.74 Å². The van der Waals surface area contributed by atoms with Crippen molar-refractivity contribution in [1.29, 1.82) is 0 Å². The van der Waals surface area contributed by atoms with Gasteiger partial charge in [0, 0.05) is 18.8 Å². The number of hydrogen-bond acceptors (Lipinski definition) is 5. The standard InChI is InChI=1S/C11H11ClN4O/c1-2-17-11-15-9(14-10(12)16-11)7-8-3-5-13-6-4-8/h3-6H,2,7H2,1H3. The summed E-state index contributed by atoms with van der Waals surface area (Å²) in [6.07, 6.45) is 4.02. The summed E-state index contributed by atoms with van der Waals surface area (Å²) in [5.74, 6) is 0.583. The average Bonchev–Trinajstić information content (AvgIpc) is 2.30. The highest BCUT2D eigenvalue weighted by molar-refractivity contribution is 6.28. The van der Waals surface area contributed by atoms with Crippen molar-refractivity contribution in [2.75, 3.05) is 6.61 Å². The van der Waals surface area contributed by atoms with Crippen molar-refractivity contribution in [2.45, 2.75) is 13.3 Å². The number of halogens is 1. The number of aromatic nitrogens is 4. The Bertz CT molecular complexity index is 492. The van der Waals surface area contributed by atoms with Crippen LogP contribution in [0.2, 0.25) is 5.28 Å². The fraction of sp³-hybridized carbons (Fsp3) is 0.273. The summed E-state index contributed by atoms with van der Waals surface area (Å²) < 4.78 is 5.21. The minimum Gasteiger partial charge on any atom is -0.464 e. The SMILES string of the molecule is CCOc1nc(Cl)nc(Cc2ccncc2)n1. The number of nitrogens with zero attached hydrogens (tertiary/aromatic N) is 4. The van der Waals surface area contributed by atoms with Gasteiger partial charge in [0.2, 0.25) is 5.28 Å². The third-order valence-corrected chi connectivity index (χ3v) is 2.19. The van der Waals surface area contributed by atoms with E-state index in [-0.39, 0.29) is 11.3 Å². The third kappa shape index (κ3) is 3.35. The molecule has 0 spiro atoms. The van der Waals surface area contributed by atoms with Gasteiger partial charge in [0.25, 0.3) is 0 Å². The summed E-state index contributed by atoms with van der Waals surface area (Å²) in [5, 5.41) is 0.146. The molecule has 6 heteroatoms. The normalized spacial score (nSPS) is 10.2. The zero-order valence-electron chi connectivity index (χ0n) is 9.30. The highest BCUT2D eigenvalue weighted by Crippen LogP contribution is 2.11. The Morgan fingerprint density at radius 3 is 2.65 bits per heavy atom. The second-order valence-electron chi connectivity index (χ2n) is 3.27. The summed E-state index contributed by atoms with van der Waals surface area (Å²) >= 11 is 5.80. The molecule has 2 rings (SSSR count). The molecule has 0 saturated heterocycles. The van der Waals surface area contributed by atoms with Crippen LogP contribution >= 0.6 is 11.6 Å². The van der Waals surface area contributed by atoms with Crippen molar-refractivity contribution in [3.63, 3.8) is 0 Å². The van der Waals surface area contributed by atoms with Gasteiger partial charge in [-0.1, -0.05) is 0 Å². The minimum absolute atomic E-state index is 0.146. The van der Waals surface area contributed by atoms with E-state index in [2.05, 4.69) is 19.9 Å². The fourth-order valence-electron chi connectivity index (χ4n) is 1.33. The first-order chi connectivity index (χ1) is 8.28. The van der Waals surface area contributed by atoms with Crippen molar-refractivity contribution in [2.24, 2.45) is 0 Å². The topological polar surface area (TPSA) is 60.8 Å². The molecule has 17 heavy (non-hydrogen) atoms. The zero-order valence-corrected chi connectivity index (χ0v) is 10.1. The van der Waals surface area contributed by atoms with Crippen LogP contribution in [0.25, 0.3) is 0 Å². The van der Waals surface area contributed by atoms with Crippen LogP contribution in [0, 0.1) is 0 Å². The molecule has 2 aromatic heterocycles. The molecule has 2 aromatic rings. The lowest BCUT2D eigenvalue weighted by molar-refractivity contribution is 0.310. The van der Waals surface area contributed by atoms with Crippen molar-refractivity contribution in [1.82, 2.24) is 19.9 Å². The van der Waals surface area contributed by atoms with E-state index in [4.69, 9.17) is 16.3 Å². The van der Waals surface area contributed by atoms with Crippen molar-refractivity contribution in [3.8, 4) is 6.01 Å². The summed E-state index contributed by atoms with van der Waals surface area (Å²) in [6, 6.07) is 4.06. The van der Waals surface area contributed by atoms with Crippen LogP contribution in [-0.2, 0) is 6.42 Å². The summed E-state index contributed by atoms with van der Waals surface area (Å²) in [5.41, 5.74) is 1.06. The lowest BCUT2D eigenvalue weighted by Gasteiger charge is -2.04. The molecule has 0 unspecified atom stereocenters. The number of pyridine rings is 1. The first-order valence-electron chi connectivity index (χ1n) is 5.20. The number of hydrogen-bond donors (Lipinski definition) is 0. The second-order valence-corrected chi connectivity index (χ2v) is 3.61. The second kappa shape index (κ2) is 5.54. The lowest BCUT2D eigenvalue weighted by Crippen LogP contribution is -2.04. The van der Waals surface area contributed by atoms with Crippen LogP contribution in [-0.4, -0.2) is 26.5 Å². The lowest BCUT2D eigenvalue weighted by atomic mass is 10.2. The molecule has 0 aliphatic carbocycles. The molecule has 0 atom stereocenters. The summed E-state index contributed by atoms with van der Waals surface area (Å²) in [6.45, 7) is 2.36. The molecule has 2 heterocycles. The first-order valence-corrected chi connectivity index (χ1v) is 5.58. The Morgan fingerprint density at radius 1 is 1.18 bits per heavy atom. The maximum Gasteiger partial charge on any atom is 0.320 e. The predicted octanol–water partition coefficient (Wildman–Crippen LogP) is 1.91. The molecule has 0 amide bonds. The average molecular weight is 251 g/mol. The Labute approximate surface area is 104 Å². The van der Waals surface area contributed by atoms with Gasteiger partial charge in [0.05, 0.1) is 6.61 Å². The Kier molecular flexibility index (Phi) is 3.82. The monoisotopic (exact) mass is 250 g/mol. The molecule has 0 N–H and O–H groups in total. The van der Waals surface area contributed by atoms with Crippen molar-refractivity contribution in [3.05, 3.63) is 41.2 Å². The molecule has 0 radical (unpaired) electrons. The molecule has 0 aliphatic heterocycles. The fourth-order valence-corrected chi connectivity index (χ4v) is 1.50. The minimum atomic E-state index is 0.146. The van der Waals surface area contributed by atoms with Crippen LogP contribution in [0.4, 0.5) is 0 Å². The van der Waals surface area contributed by atoms with Crippen LogP contribution in [0.1, 0.15) is 18.3 Å². The van der Waals surface area contributed by atoms with Gasteiger partial charge in [0.15, 0.2) is 0 Å². The van der Waals surface area contributed by atoms with Gasteiger partial charge < -0.3 is 4.74 Å². The van der Waals surface area contributed by atoms with Gasteiger partial charge in [-0.3, -0.25) is 4.98 Å². The first kappa shape index (κ1) is 11.7. The van der Waals surface area contributed by atoms with Gasteiger partial charge in [-0.2, -0.15) is 9.97 Å². The van der Waals surface area contributed by atoms with Gasteiger partial charge in [0.1, 0.15) is 5.82 Å². The number of ether oxygens (including phenoxy) is 1. The van der Waals surface area contributed by atoms with E-state index in [1.165, 1.54) is 0 Å². The van der Waals surface area contributed by atoms with Crippen LogP contribution < -0.4 is 4.74 Å². The third-order valence-electron chi connectivity index (χ3n) is 2.02. The molecule has 5 nitrogen and oxygen atoms in total. The zero-order chi connectivity index (χ0) is 12.1. The molecule has 0 saturated carbocycles. The number of rotatable bonds is 4. The van der Waals surface area contributed by atoms with E-state index < -0.39 is 0 Å². The van der Waals surface area contributed by atoms with Crippen LogP contribution in [0.3, 0.4) is 0 Å². The Hall–Kier alpha value is -1.75. The molecular formula is C11H11ClN4O. The van der Waals surface area contributed by atoms with Gasteiger partial charge in [-0.15, -0.1) is 0 Å². The Balaban J connectivity index is 2.21. The highest BCUT2D eigenvalue weighted by atomic mass is 35.5. The summed E-state index contributed by atoms with van der Waals surface area (Å²) in [7, 11) is 0. The smallest absolute Gasteiger partial charge is 0.320 e.